The van der Waals surface area contributed by atoms with Crippen molar-refractivity contribution in [2.45, 2.75) is 216 Å². The van der Waals surface area contributed by atoms with E-state index in [0.29, 0.717) is 12.1 Å². The van der Waals surface area contributed by atoms with Gasteiger partial charge in [-0.1, -0.05) is 135 Å². The van der Waals surface area contributed by atoms with E-state index in [2.05, 4.69) is 22.4 Å². The summed E-state index contributed by atoms with van der Waals surface area (Å²) in [5, 5.41) is 74.1. The van der Waals surface area contributed by atoms with Crippen molar-refractivity contribution in [1.82, 2.24) is 15.5 Å². The monoisotopic (exact) mass is 754 g/mol. The van der Waals surface area contributed by atoms with Crippen molar-refractivity contribution in [3.05, 3.63) is 17.5 Å². The van der Waals surface area contributed by atoms with Crippen molar-refractivity contribution < 1.29 is 40.1 Å². The van der Waals surface area contributed by atoms with E-state index < -0.39 is 55.4 Å². The zero-order chi connectivity index (χ0) is 38.1. The minimum Gasteiger partial charge on any atom is -0.394 e. The third-order valence-corrected chi connectivity index (χ3v) is 11.7. The SMILES string of the molecule is CCCCCCCCCCCCCC[C@@H](O)[C@@H](O)[C@H](COC1OC(CO)C(O)C(O)C1O)c1cc(CCCCCCCCCCC2CCNCC2)[nH]n1. The first-order valence-corrected chi connectivity index (χ1v) is 21.9. The Morgan fingerprint density at radius 1 is 0.755 bits per heavy atom. The van der Waals surface area contributed by atoms with Gasteiger partial charge in [0.15, 0.2) is 6.29 Å². The molecule has 3 rings (SSSR count). The summed E-state index contributed by atoms with van der Waals surface area (Å²) in [6.07, 6.45) is 20.8. The summed E-state index contributed by atoms with van der Waals surface area (Å²) in [5.41, 5.74) is 1.51. The van der Waals surface area contributed by atoms with Crippen LogP contribution in [0, 0.1) is 5.92 Å². The summed E-state index contributed by atoms with van der Waals surface area (Å²) in [5.74, 6) is 0.205. The molecule has 0 bridgehead atoms. The van der Waals surface area contributed by atoms with E-state index in [1.165, 1.54) is 129 Å². The maximum absolute atomic E-state index is 11.4. The second-order valence-electron chi connectivity index (χ2n) is 16.3. The lowest BCUT2D eigenvalue weighted by Gasteiger charge is -2.40. The maximum atomic E-state index is 11.4. The summed E-state index contributed by atoms with van der Waals surface area (Å²) >= 11 is 0. The molecular weight excluding hydrogens is 674 g/mol. The van der Waals surface area contributed by atoms with Crippen molar-refractivity contribution in [2.24, 2.45) is 5.92 Å². The Balaban J connectivity index is 1.41. The number of ether oxygens (including phenoxy) is 2. The topological polar surface area (TPSA) is 181 Å². The van der Waals surface area contributed by atoms with E-state index in [9.17, 15) is 30.6 Å². The van der Waals surface area contributed by atoms with Crippen molar-refractivity contribution >= 4 is 0 Å². The van der Waals surface area contributed by atoms with E-state index in [1.807, 2.05) is 6.07 Å². The van der Waals surface area contributed by atoms with Crippen LogP contribution >= 0.6 is 0 Å². The number of hydrogen-bond acceptors (Lipinski definition) is 10. The molecule has 11 heteroatoms. The van der Waals surface area contributed by atoms with Crippen LogP contribution in [0.1, 0.15) is 178 Å². The second-order valence-corrected chi connectivity index (χ2v) is 16.3. The average Bonchev–Trinajstić information content (AvgIpc) is 3.64. The number of hydrogen-bond donors (Lipinski definition) is 8. The lowest BCUT2D eigenvalue weighted by molar-refractivity contribution is -0.303. The van der Waals surface area contributed by atoms with Gasteiger partial charge < -0.3 is 45.4 Å². The molecule has 5 unspecified atom stereocenters. The molecule has 11 nitrogen and oxygen atoms in total. The Bertz CT molecular complexity index is 1010. The lowest BCUT2D eigenvalue weighted by Crippen LogP contribution is -2.59. The quantitative estimate of drug-likeness (QED) is 0.0409. The minimum atomic E-state index is -1.56. The number of rotatable bonds is 31. The van der Waals surface area contributed by atoms with Crippen LogP contribution < -0.4 is 5.32 Å². The Morgan fingerprint density at radius 2 is 1.32 bits per heavy atom. The third kappa shape index (κ3) is 18.1. The highest BCUT2D eigenvalue weighted by Crippen LogP contribution is 2.28. The van der Waals surface area contributed by atoms with Crippen LogP contribution in [0.5, 0.6) is 0 Å². The number of nitrogens with zero attached hydrogens (tertiary/aromatic N) is 1. The summed E-state index contributed by atoms with van der Waals surface area (Å²) < 4.78 is 11.4. The number of aliphatic hydroxyl groups is 6. The predicted octanol–water partition coefficient (Wildman–Crippen LogP) is 6.18. The van der Waals surface area contributed by atoms with Gasteiger partial charge in [0.05, 0.1) is 37.0 Å². The summed E-state index contributed by atoms with van der Waals surface area (Å²) in [6, 6.07) is 1.92. The number of nitrogens with one attached hydrogen (secondary N) is 2. The number of H-pyrrole nitrogens is 1. The van der Waals surface area contributed by atoms with Gasteiger partial charge in [0.2, 0.25) is 0 Å². The third-order valence-electron chi connectivity index (χ3n) is 11.7. The van der Waals surface area contributed by atoms with Gasteiger partial charge in [-0.2, -0.15) is 5.10 Å². The van der Waals surface area contributed by atoms with Crippen LogP contribution in [-0.4, -0.2) is 110 Å². The Morgan fingerprint density at radius 3 is 1.92 bits per heavy atom. The van der Waals surface area contributed by atoms with Crippen LogP contribution in [-0.2, 0) is 15.9 Å². The van der Waals surface area contributed by atoms with Gasteiger partial charge in [-0.25, -0.2) is 0 Å². The first kappa shape index (κ1) is 46.2. The summed E-state index contributed by atoms with van der Waals surface area (Å²) in [4.78, 5) is 0. The van der Waals surface area contributed by atoms with Crippen LogP contribution in [0.15, 0.2) is 6.07 Å². The Labute approximate surface area is 321 Å². The molecule has 53 heavy (non-hydrogen) atoms. The molecule has 0 amide bonds. The van der Waals surface area contributed by atoms with Gasteiger partial charge >= 0.3 is 0 Å². The van der Waals surface area contributed by atoms with Gasteiger partial charge in [-0.05, 0) is 57.2 Å². The highest BCUT2D eigenvalue weighted by molar-refractivity contribution is 5.16. The molecule has 0 aliphatic carbocycles. The average molecular weight is 754 g/mol. The first-order valence-electron chi connectivity index (χ1n) is 21.9. The second kappa shape index (κ2) is 28.3. The lowest BCUT2D eigenvalue weighted by atomic mass is 9.91. The van der Waals surface area contributed by atoms with E-state index in [-0.39, 0.29) is 6.61 Å². The molecular formula is C42H79N3O8. The van der Waals surface area contributed by atoms with Gasteiger partial charge in [0.25, 0.3) is 0 Å². The predicted molar refractivity (Wildman–Crippen MR) is 210 cm³/mol. The zero-order valence-corrected chi connectivity index (χ0v) is 33.2. The molecule has 8 atom stereocenters. The zero-order valence-electron chi connectivity index (χ0n) is 33.2. The smallest absolute Gasteiger partial charge is 0.186 e. The van der Waals surface area contributed by atoms with Crippen LogP contribution in [0.3, 0.4) is 0 Å². The van der Waals surface area contributed by atoms with Gasteiger partial charge in [-0.3, -0.25) is 5.10 Å². The molecule has 0 radical (unpaired) electrons. The van der Waals surface area contributed by atoms with Crippen molar-refractivity contribution in [1.29, 1.82) is 0 Å². The number of unbranched alkanes of at least 4 members (excludes halogenated alkanes) is 18. The number of aromatic nitrogens is 2. The molecule has 2 aliphatic heterocycles. The number of aryl methyl sites for hydroxylation is 1. The summed E-state index contributed by atoms with van der Waals surface area (Å²) in [6.45, 7) is 3.92. The first-order chi connectivity index (χ1) is 25.8. The molecule has 1 aromatic heterocycles. The largest absolute Gasteiger partial charge is 0.394 e. The maximum Gasteiger partial charge on any atom is 0.186 e. The Hall–Kier alpha value is -1.15. The molecule has 3 heterocycles. The van der Waals surface area contributed by atoms with Gasteiger partial charge in [-0.15, -0.1) is 0 Å². The number of aliphatic hydroxyl groups excluding tert-OH is 6. The molecule has 0 saturated carbocycles. The van der Waals surface area contributed by atoms with Crippen molar-refractivity contribution in [3.63, 3.8) is 0 Å². The fourth-order valence-corrected chi connectivity index (χ4v) is 8.07. The van der Waals surface area contributed by atoms with E-state index in [0.717, 1.165) is 50.1 Å². The molecule has 2 aliphatic rings. The fraction of sp³-hybridized carbons (Fsp3) is 0.929. The number of aromatic amines is 1. The van der Waals surface area contributed by atoms with Gasteiger partial charge in [0, 0.05) is 5.69 Å². The van der Waals surface area contributed by atoms with Crippen molar-refractivity contribution in [3.8, 4) is 0 Å². The molecule has 1 aromatic rings. The van der Waals surface area contributed by atoms with Crippen LogP contribution in [0.25, 0.3) is 0 Å². The molecule has 2 fully saturated rings. The number of piperidine rings is 1. The molecule has 8 N–H and O–H groups in total. The van der Waals surface area contributed by atoms with E-state index in [1.54, 1.807) is 0 Å². The minimum absolute atomic E-state index is 0.151. The van der Waals surface area contributed by atoms with Crippen LogP contribution in [0.2, 0.25) is 0 Å². The molecule has 310 valence electrons. The summed E-state index contributed by atoms with van der Waals surface area (Å²) in [7, 11) is 0. The van der Waals surface area contributed by atoms with E-state index >= 15 is 0 Å². The molecule has 0 aromatic carbocycles. The Kier molecular flexibility index (Phi) is 24.7. The standard InChI is InChI=1S/C42H79N3O8/c1-2-3-4-5-6-7-8-9-10-15-18-21-24-36(47)38(48)34(31-52-42-41(51)40(50)39(49)37(30-46)53-42)35-29-33(44-45-35)23-20-17-14-12-11-13-16-19-22-32-25-27-43-28-26-32/h29,32,34,36-43,46-51H,2-28,30-31H2,1H3,(H,44,45)/t34-,36-,37?,38+,39?,40?,41?,42?/m1/s1. The van der Waals surface area contributed by atoms with Crippen molar-refractivity contribution in [2.75, 3.05) is 26.3 Å². The van der Waals surface area contributed by atoms with Crippen LogP contribution in [0.4, 0.5) is 0 Å². The fourth-order valence-electron chi connectivity index (χ4n) is 8.07. The molecule has 0 spiro atoms. The highest BCUT2D eigenvalue weighted by atomic mass is 16.7. The molecule has 2 saturated heterocycles. The van der Waals surface area contributed by atoms with E-state index in [4.69, 9.17) is 9.47 Å². The van der Waals surface area contributed by atoms with Gasteiger partial charge in [0.1, 0.15) is 24.4 Å². The highest BCUT2D eigenvalue weighted by Gasteiger charge is 2.44. The normalized spacial score (nSPS) is 24.4.